The van der Waals surface area contributed by atoms with E-state index in [2.05, 4.69) is 111 Å². The lowest BCUT2D eigenvalue weighted by molar-refractivity contribution is -0.0190. The van der Waals surface area contributed by atoms with Gasteiger partial charge in [-0.05, 0) is 39.4 Å². The lowest BCUT2D eigenvalue weighted by Crippen LogP contribution is -2.33. The second kappa shape index (κ2) is 7.48. The molecular formula is C30H28N2O. The highest BCUT2D eigenvalue weighted by molar-refractivity contribution is 6.04. The highest BCUT2D eigenvalue weighted by Gasteiger charge is 2.40. The van der Waals surface area contributed by atoms with Crippen LogP contribution in [0, 0.1) is 0 Å². The molecule has 4 aromatic carbocycles. The molecule has 0 saturated heterocycles. The lowest BCUT2D eigenvalue weighted by atomic mass is 9.86. The standard InChI is InChI=1S/C30H28N2O/c1-30(2,3)24-16-14-21(15-17-24)29-32-27(25-10-6-7-11-28(25)33-29)19-26(31-32)23-13-12-20-8-4-5-9-22(20)18-23/h4-18,27,29H,19H2,1-3H3/t27-,29-/m0/s1. The van der Waals surface area contributed by atoms with E-state index in [1.165, 1.54) is 27.5 Å². The minimum Gasteiger partial charge on any atom is -0.464 e. The molecule has 3 nitrogen and oxygen atoms in total. The van der Waals surface area contributed by atoms with Gasteiger partial charge in [0.2, 0.25) is 6.23 Å². The van der Waals surface area contributed by atoms with Gasteiger partial charge in [0.1, 0.15) is 5.75 Å². The van der Waals surface area contributed by atoms with Crippen molar-refractivity contribution in [3.8, 4) is 5.75 Å². The molecule has 0 aromatic heterocycles. The first kappa shape index (κ1) is 20.0. The monoisotopic (exact) mass is 432 g/mol. The van der Waals surface area contributed by atoms with E-state index in [1.54, 1.807) is 0 Å². The summed E-state index contributed by atoms with van der Waals surface area (Å²) in [5.41, 5.74) is 6.08. The first-order valence-corrected chi connectivity index (χ1v) is 11.7. The fourth-order valence-corrected chi connectivity index (χ4v) is 4.95. The molecule has 0 N–H and O–H groups in total. The van der Waals surface area contributed by atoms with Gasteiger partial charge in [0.15, 0.2) is 0 Å². The van der Waals surface area contributed by atoms with Crippen molar-refractivity contribution in [1.82, 2.24) is 5.01 Å². The molecule has 0 aliphatic carbocycles. The van der Waals surface area contributed by atoms with E-state index in [4.69, 9.17) is 9.84 Å². The van der Waals surface area contributed by atoms with Gasteiger partial charge in [-0.1, -0.05) is 99.6 Å². The van der Waals surface area contributed by atoms with Gasteiger partial charge < -0.3 is 4.74 Å². The molecule has 164 valence electrons. The number of hydrogen-bond acceptors (Lipinski definition) is 3. The van der Waals surface area contributed by atoms with E-state index in [-0.39, 0.29) is 17.7 Å². The van der Waals surface area contributed by atoms with E-state index >= 15 is 0 Å². The van der Waals surface area contributed by atoms with E-state index in [9.17, 15) is 0 Å². The van der Waals surface area contributed by atoms with Crippen molar-refractivity contribution >= 4 is 16.5 Å². The van der Waals surface area contributed by atoms with Gasteiger partial charge in [0, 0.05) is 17.5 Å². The van der Waals surface area contributed by atoms with Crippen LogP contribution in [0.25, 0.3) is 10.8 Å². The van der Waals surface area contributed by atoms with Crippen LogP contribution in [0.4, 0.5) is 0 Å². The van der Waals surface area contributed by atoms with Crippen molar-refractivity contribution in [2.24, 2.45) is 5.10 Å². The zero-order valence-electron chi connectivity index (χ0n) is 19.3. The quantitative estimate of drug-likeness (QED) is 0.330. The molecule has 2 aliphatic heterocycles. The van der Waals surface area contributed by atoms with Gasteiger partial charge in [-0.15, -0.1) is 0 Å². The molecule has 0 fully saturated rings. The Morgan fingerprint density at radius 3 is 2.33 bits per heavy atom. The van der Waals surface area contributed by atoms with Crippen LogP contribution in [0.15, 0.2) is 96.1 Å². The minimum atomic E-state index is -0.239. The Morgan fingerprint density at radius 2 is 1.55 bits per heavy atom. The summed E-state index contributed by atoms with van der Waals surface area (Å²) in [5.74, 6) is 0.957. The number of benzene rings is 4. The van der Waals surface area contributed by atoms with Gasteiger partial charge in [-0.3, -0.25) is 0 Å². The van der Waals surface area contributed by atoms with Crippen LogP contribution in [-0.4, -0.2) is 10.7 Å². The Hall–Kier alpha value is -3.59. The summed E-state index contributed by atoms with van der Waals surface area (Å²) in [6, 6.07) is 32.5. The normalized spacial score (nSPS) is 19.6. The van der Waals surface area contributed by atoms with Crippen molar-refractivity contribution in [2.45, 2.75) is 44.9 Å². The zero-order chi connectivity index (χ0) is 22.6. The van der Waals surface area contributed by atoms with Crippen LogP contribution >= 0.6 is 0 Å². The largest absolute Gasteiger partial charge is 0.464 e. The highest BCUT2D eigenvalue weighted by atomic mass is 16.5. The van der Waals surface area contributed by atoms with E-state index in [0.717, 1.165) is 23.4 Å². The molecule has 0 radical (unpaired) electrons. The number of hydrogen-bond donors (Lipinski definition) is 0. The van der Waals surface area contributed by atoms with Gasteiger partial charge in [-0.2, -0.15) is 5.10 Å². The van der Waals surface area contributed by atoms with Gasteiger partial charge in [-0.25, -0.2) is 5.01 Å². The van der Waals surface area contributed by atoms with Crippen molar-refractivity contribution in [3.05, 3.63) is 113 Å². The van der Waals surface area contributed by atoms with E-state index in [1.807, 2.05) is 6.07 Å². The Labute approximate surface area is 195 Å². The molecule has 2 aliphatic rings. The Bertz CT molecular complexity index is 1360. The molecule has 0 amide bonds. The maximum atomic E-state index is 6.53. The second-order valence-electron chi connectivity index (χ2n) is 10.1. The van der Waals surface area contributed by atoms with Crippen LogP contribution in [0.5, 0.6) is 5.75 Å². The lowest BCUT2D eigenvalue weighted by Gasteiger charge is -2.38. The number of rotatable bonds is 2. The van der Waals surface area contributed by atoms with Crippen LogP contribution in [-0.2, 0) is 5.41 Å². The molecule has 0 unspecified atom stereocenters. The summed E-state index contributed by atoms with van der Waals surface area (Å²) in [6.45, 7) is 6.73. The first-order valence-electron chi connectivity index (χ1n) is 11.7. The smallest absolute Gasteiger partial charge is 0.213 e. The minimum absolute atomic E-state index is 0.121. The molecule has 3 heteroatoms. The second-order valence-corrected chi connectivity index (χ2v) is 10.1. The summed E-state index contributed by atoms with van der Waals surface area (Å²) in [5, 5.41) is 9.80. The SMILES string of the molecule is CC(C)(C)c1ccc([C@@H]2Oc3ccccc3[C@@H]3CC(c4ccc5ccccc5c4)=NN32)cc1. The van der Waals surface area contributed by atoms with Crippen molar-refractivity contribution in [3.63, 3.8) is 0 Å². The topological polar surface area (TPSA) is 24.8 Å². The Balaban J connectivity index is 1.41. The summed E-state index contributed by atoms with van der Waals surface area (Å²) in [6.07, 6.45) is 0.631. The fourth-order valence-electron chi connectivity index (χ4n) is 4.95. The summed E-state index contributed by atoms with van der Waals surface area (Å²) < 4.78 is 6.53. The maximum absolute atomic E-state index is 6.53. The Morgan fingerprint density at radius 1 is 0.818 bits per heavy atom. The number of hydrazone groups is 1. The number of ether oxygens (including phenoxy) is 1. The molecule has 6 rings (SSSR count). The van der Waals surface area contributed by atoms with Crippen molar-refractivity contribution in [1.29, 1.82) is 0 Å². The van der Waals surface area contributed by atoms with Crippen molar-refractivity contribution < 1.29 is 4.74 Å². The van der Waals surface area contributed by atoms with E-state index in [0.29, 0.717) is 0 Å². The number of para-hydroxylation sites is 1. The highest BCUT2D eigenvalue weighted by Crippen LogP contribution is 2.47. The molecule has 0 spiro atoms. The average Bonchev–Trinajstić information content (AvgIpc) is 3.29. The third kappa shape index (κ3) is 3.48. The average molecular weight is 433 g/mol. The van der Waals surface area contributed by atoms with E-state index < -0.39 is 0 Å². The molecule has 2 heterocycles. The molecule has 4 aromatic rings. The molecule has 2 atom stereocenters. The Kier molecular flexibility index (Phi) is 4.55. The van der Waals surface area contributed by atoms with Crippen LogP contribution < -0.4 is 4.74 Å². The molecular weight excluding hydrogens is 404 g/mol. The third-order valence-electron chi connectivity index (χ3n) is 6.84. The number of nitrogens with zero attached hydrogens (tertiary/aromatic N) is 2. The van der Waals surface area contributed by atoms with Crippen molar-refractivity contribution in [2.75, 3.05) is 0 Å². The fraction of sp³-hybridized carbons (Fsp3) is 0.233. The predicted molar refractivity (Wildman–Crippen MR) is 135 cm³/mol. The molecule has 33 heavy (non-hydrogen) atoms. The van der Waals surface area contributed by atoms with Crippen LogP contribution in [0.1, 0.15) is 61.7 Å². The third-order valence-corrected chi connectivity index (χ3v) is 6.84. The van der Waals surface area contributed by atoms with Crippen LogP contribution in [0.2, 0.25) is 0 Å². The predicted octanol–water partition coefficient (Wildman–Crippen LogP) is 7.38. The zero-order valence-corrected chi connectivity index (χ0v) is 19.3. The maximum Gasteiger partial charge on any atom is 0.213 e. The summed E-state index contributed by atoms with van der Waals surface area (Å²) >= 11 is 0. The van der Waals surface area contributed by atoms with Gasteiger partial charge in [0.25, 0.3) is 0 Å². The molecule has 0 saturated carbocycles. The summed E-state index contributed by atoms with van der Waals surface area (Å²) in [7, 11) is 0. The van der Waals surface area contributed by atoms with Gasteiger partial charge in [0.05, 0.1) is 11.8 Å². The number of fused-ring (bicyclic) bond motifs is 4. The first-order chi connectivity index (χ1) is 16.0. The van der Waals surface area contributed by atoms with Gasteiger partial charge >= 0.3 is 0 Å². The summed E-state index contributed by atoms with van der Waals surface area (Å²) in [4.78, 5) is 0. The molecule has 0 bridgehead atoms. The van der Waals surface area contributed by atoms with Crippen LogP contribution in [0.3, 0.4) is 0 Å².